The molecule has 0 bridgehead atoms. The van der Waals surface area contributed by atoms with Crippen LogP contribution in [0.15, 0.2) is 89.9 Å². The number of rotatable bonds is 5. The van der Waals surface area contributed by atoms with E-state index >= 15 is 0 Å². The maximum Gasteiger partial charge on any atom is 0.316 e. The zero-order valence-corrected chi connectivity index (χ0v) is 20.8. The molecule has 0 atom stereocenters. The molecular formula is C27H28Cl2N4O2. The summed E-state index contributed by atoms with van der Waals surface area (Å²) in [7, 11) is 2.18. The monoisotopic (exact) mass is 510 g/mol. The predicted molar refractivity (Wildman–Crippen MR) is 138 cm³/mol. The summed E-state index contributed by atoms with van der Waals surface area (Å²) in [5.41, 5.74) is 3.26. The van der Waals surface area contributed by atoms with Crippen molar-refractivity contribution in [3.8, 4) is 28.3 Å². The number of hydrogen-bond acceptors (Lipinski definition) is 4. The summed E-state index contributed by atoms with van der Waals surface area (Å²) in [4.78, 5) is 17.2. The van der Waals surface area contributed by atoms with Crippen LogP contribution in [0.5, 0.6) is 11.5 Å². The van der Waals surface area contributed by atoms with Crippen LogP contribution in [0, 0.1) is 0 Å². The molecule has 6 nitrogen and oxygen atoms in total. The molecule has 1 aliphatic rings. The second-order valence-corrected chi connectivity index (χ2v) is 8.93. The molecule has 4 aromatic rings. The fourth-order valence-corrected chi connectivity index (χ4v) is 4.24. The third-order valence-electron chi connectivity index (χ3n) is 6.12. The molecule has 1 aliphatic heterocycles. The van der Waals surface area contributed by atoms with Crippen molar-refractivity contribution < 1.29 is 23.5 Å². The highest BCUT2D eigenvalue weighted by molar-refractivity contribution is 6.30. The van der Waals surface area contributed by atoms with Crippen molar-refractivity contribution >= 4 is 17.3 Å². The molecule has 3 aromatic carbocycles. The molecule has 1 aromatic heterocycles. The molecule has 1 N–H and O–H groups in total. The van der Waals surface area contributed by atoms with Gasteiger partial charge < -0.3 is 26.9 Å². The summed E-state index contributed by atoms with van der Waals surface area (Å²) in [6.07, 6.45) is 1.73. The summed E-state index contributed by atoms with van der Waals surface area (Å²) < 4.78 is 7.61. The van der Waals surface area contributed by atoms with Gasteiger partial charge in [0.1, 0.15) is 11.4 Å². The van der Waals surface area contributed by atoms with Gasteiger partial charge in [0.2, 0.25) is 5.75 Å². The third kappa shape index (κ3) is 5.51. The highest BCUT2D eigenvalue weighted by Gasteiger charge is 2.24. The SMILES string of the molecule is C[NH+]1CCN(c2cnn(-c3ccc(Cl)cc3)c(=O)c2Oc2ccc(-c3ccccc3)cc2)CC1.[Cl-].[HH]. The summed E-state index contributed by atoms with van der Waals surface area (Å²) in [6, 6.07) is 25.0. The number of aromatic nitrogens is 2. The van der Waals surface area contributed by atoms with Crippen LogP contribution in [-0.2, 0) is 0 Å². The number of halogens is 2. The summed E-state index contributed by atoms with van der Waals surface area (Å²) >= 11 is 6.03. The third-order valence-corrected chi connectivity index (χ3v) is 6.38. The van der Waals surface area contributed by atoms with Crippen LogP contribution in [0.3, 0.4) is 0 Å². The van der Waals surface area contributed by atoms with Gasteiger partial charge in [-0.3, -0.25) is 4.79 Å². The molecule has 0 amide bonds. The van der Waals surface area contributed by atoms with Crippen LogP contribution in [0.4, 0.5) is 5.69 Å². The van der Waals surface area contributed by atoms with Crippen molar-refractivity contribution in [2.75, 3.05) is 38.1 Å². The van der Waals surface area contributed by atoms with Gasteiger partial charge in [-0.05, 0) is 47.5 Å². The lowest BCUT2D eigenvalue weighted by molar-refractivity contribution is -0.880. The molecule has 0 unspecified atom stereocenters. The van der Waals surface area contributed by atoms with E-state index in [0.717, 1.165) is 43.0 Å². The molecule has 2 heterocycles. The summed E-state index contributed by atoms with van der Waals surface area (Å²) in [5, 5.41) is 5.06. The van der Waals surface area contributed by atoms with Gasteiger partial charge in [0.25, 0.3) is 0 Å². The Morgan fingerprint density at radius 1 is 0.914 bits per heavy atom. The highest BCUT2D eigenvalue weighted by atomic mass is 35.5. The van der Waals surface area contributed by atoms with Gasteiger partial charge in [-0.25, -0.2) is 0 Å². The molecule has 182 valence electrons. The van der Waals surface area contributed by atoms with Crippen LogP contribution < -0.4 is 32.5 Å². The number of ether oxygens (including phenoxy) is 1. The second-order valence-electron chi connectivity index (χ2n) is 8.49. The lowest BCUT2D eigenvalue weighted by Crippen LogP contribution is -3.12. The Morgan fingerprint density at radius 2 is 1.54 bits per heavy atom. The molecule has 5 rings (SSSR count). The number of anilines is 1. The molecule has 1 fully saturated rings. The molecule has 0 spiro atoms. The largest absolute Gasteiger partial charge is 1.00 e. The minimum absolute atomic E-state index is 0. The fraction of sp³-hybridized carbons (Fsp3) is 0.185. The molecule has 1 saturated heterocycles. The van der Waals surface area contributed by atoms with Gasteiger partial charge in [-0.1, -0.05) is 54.1 Å². The van der Waals surface area contributed by atoms with Gasteiger partial charge in [-0.2, -0.15) is 9.78 Å². The first-order valence-electron chi connectivity index (χ1n) is 11.4. The van der Waals surface area contributed by atoms with Gasteiger partial charge in [0.05, 0.1) is 45.1 Å². The number of nitrogens with one attached hydrogen (secondary N) is 1. The van der Waals surface area contributed by atoms with Crippen LogP contribution >= 0.6 is 11.6 Å². The van der Waals surface area contributed by atoms with Crippen LogP contribution in [0.25, 0.3) is 16.8 Å². The number of hydrogen-bond donors (Lipinski definition) is 1. The van der Waals surface area contributed by atoms with Crippen molar-refractivity contribution in [3.05, 3.63) is 100 Å². The van der Waals surface area contributed by atoms with E-state index < -0.39 is 0 Å². The molecule has 35 heavy (non-hydrogen) atoms. The van der Waals surface area contributed by atoms with Crippen molar-refractivity contribution in [3.63, 3.8) is 0 Å². The first kappa shape index (κ1) is 24.8. The lowest BCUT2D eigenvalue weighted by atomic mass is 10.1. The molecule has 0 radical (unpaired) electrons. The van der Waals surface area contributed by atoms with Crippen LogP contribution in [0.1, 0.15) is 1.43 Å². The van der Waals surface area contributed by atoms with Gasteiger partial charge in [0.15, 0.2) is 0 Å². The Hall–Kier alpha value is -3.32. The average molecular weight is 511 g/mol. The average Bonchev–Trinajstić information content (AvgIpc) is 2.87. The normalized spacial score (nSPS) is 13.8. The smallest absolute Gasteiger partial charge is 0.316 e. The number of benzene rings is 3. The Morgan fingerprint density at radius 3 is 2.20 bits per heavy atom. The van der Waals surface area contributed by atoms with Crippen molar-refractivity contribution in [2.45, 2.75) is 0 Å². The van der Waals surface area contributed by atoms with Gasteiger partial charge in [0, 0.05) is 6.45 Å². The van der Waals surface area contributed by atoms with Gasteiger partial charge in [-0.15, -0.1) is 0 Å². The summed E-state index contributed by atoms with van der Waals surface area (Å²) in [6.45, 7) is 3.65. The minimum Gasteiger partial charge on any atom is -1.00 e. The number of piperazine rings is 1. The quantitative estimate of drug-likeness (QED) is 0.434. The van der Waals surface area contributed by atoms with E-state index in [4.69, 9.17) is 16.3 Å². The van der Waals surface area contributed by atoms with Crippen molar-refractivity contribution in [1.29, 1.82) is 0 Å². The summed E-state index contributed by atoms with van der Waals surface area (Å²) in [5.74, 6) is 0.878. The Balaban J connectivity index is 0.00000180. The number of nitrogens with zero attached hydrogens (tertiary/aromatic N) is 3. The van der Waals surface area contributed by atoms with E-state index in [1.165, 1.54) is 9.58 Å². The minimum atomic E-state index is -0.307. The Bertz CT molecular complexity index is 1320. The van der Waals surface area contributed by atoms with Crippen LogP contribution in [0.2, 0.25) is 5.02 Å². The van der Waals surface area contributed by atoms with E-state index in [1.54, 1.807) is 30.5 Å². The highest BCUT2D eigenvalue weighted by Crippen LogP contribution is 2.30. The fourth-order valence-electron chi connectivity index (χ4n) is 4.11. The molecule has 8 heteroatoms. The van der Waals surface area contributed by atoms with E-state index in [2.05, 4.69) is 29.2 Å². The molecular weight excluding hydrogens is 483 g/mol. The number of quaternary nitrogens is 1. The molecule has 0 saturated carbocycles. The van der Waals surface area contributed by atoms with E-state index in [-0.39, 0.29) is 25.1 Å². The second kappa shape index (κ2) is 11.0. The lowest BCUT2D eigenvalue weighted by Gasteiger charge is -2.32. The first-order valence-corrected chi connectivity index (χ1v) is 11.7. The van der Waals surface area contributed by atoms with E-state index in [0.29, 0.717) is 16.5 Å². The maximum absolute atomic E-state index is 13.6. The van der Waals surface area contributed by atoms with Crippen LogP contribution in [-0.4, -0.2) is 43.0 Å². The number of likely N-dealkylation sites (N-methyl/N-ethyl adjacent to an activating group) is 1. The topological polar surface area (TPSA) is 51.8 Å². The van der Waals surface area contributed by atoms with Crippen molar-refractivity contribution in [1.82, 2.24) is 9.78 Å². The zero-order chi connectivity index (χ0) is 23.5. The zero-order valence-electron chi connectivity index (χ0n) is 19.3. The van der Waals surface area contributed by atoms with E-state index in [1.807, 2.05) is 42.5 Å². The first-order chi connectivity index (χ1) is 16.6. The predicted octanol–water partition coefficient (Wildman–Crippen LogP) is 0.930. The standard InChI is InChI=1S/C27H25ClN4O2.ClH.H2/c1-30-15-17-31(18-16-30)25-19-29-32(23-11-9-22(28)10-12-23)27(33)26(25)34-24-13-7-21(8-14-24)20-5-3-2-4-6-20;;/h2-14,19H,15-18H2,1H3;2*1H. The molecule has 0 aliphatic carbocycles. The Kier molecular flexibility index (Phi) is 7.76. The maximum atomic E-state index is 13.6. The van der Waals surface area contributed by atoms with Gasteiger partial charge >= 0.3 is 5.56 Å². The van der Waals surface area contributed by atoms with E-state index in [9.17, 15) is 4.79 Å². The van der Waals surface area contributed by atoms with Crippen molar-refractivity contribution in [2.24, 2.45) is 0 Å². The Labute approximate surface area is 217 Å².